The minimum absolute atomic E-state index is 0.110. The molecule has 0 aromatic carbocycles. The summed E-state index contributed by atoms with van der Waals surface area (Å²) >= 11 is 0. The SMILES string of the molecule is CC(C)OC(=O)OCC1CCC(c2ccc3c(N)ncnn23)O1.COC(O)O. The van der Waals surface area contributed by atoms with Crippen LogP contribution in [0.15, 0.2) is 18.5 Å². The van der Waals surface area contributed by atoms with Gasteiger partial charge < -0.3 is 34.9 Å². The Morgan fingerprint density at radius 3 is 2.75 bits per heavy atom. The predicted molar refractivity (Wildman–Crippen MR) is 97.1 cm³/mol. The fraction of sp³-hybridized carbons (Fsp3) is 0.588. The van der Waals surface area contributed by atoms with E-state index in [0.29, 0.717) is 5.82 Å². The summed E-state index contributed by atoms with van der Waals surface area (Å²) in [5, 5.41) is 19.6. The van der Waals surface area contributed by atoms with E-state index in [-0.39, 0.29) is 24.9 Å². The first-order valence-electron chi connectivity index (χ1n) is 8.77. The molecule has 2 unspecified atom stereocenters. The molecule has 4 N–H and O–H groups in total. The van der Waals surface area contributed by atoms with Gasteiger partial charge in [0.15, 0.2) is 5.82 Å². The van der Waals surface area contributed by atoms with Crippen LogP contribution in [0.3, 0.4) is 0 Å². The van der Waals surface area contributed by atoms with Gasteiger partial charge in [-0.05, 0) is 38.8 Å². The van der Waals surface area contributed by atoms with Crippen molar-refractivity contribution < 1.29 is 34.0 Å². The highest BCUT2D eigenvalue weighted by Gasteiger charge is 2.30. The molecule has 2 atom stereocenters. The number of nitrogens with zero attached hydrogens (tertiary/aromatic N) is 3. The predicted octanol–water partition coefficient (Wildman–Crippen LogP) is 0.994. The number of aliphatic hydroxyl groups is 2. The maximum absolute atomic E-state index is 11.4. The van der Waals surface area contributed by atoms with Crippen molar-refractivity contribution in [3.8, 4) is 0 Å². The molecule has 2 aromatic rings. The zero-order valence-electron chi connectivity index (χ0n) is 16.0. The van der Waals surface area contributed by atoms with Gasteiger partial charge in [-0.3, -0.25) is 0 Å². The van der Waals surface area contributed by atoms with Crippen molar-refractivity contribution in [3.05, 3.63) is 24.2 Å². The van der Waals surface area contributed by atoms with E-state index in [4.69, 9.17) is 30.2 Å². The van der Waals surface area contributed by atoms with E-state index < -0.39 is 12.6 Å². The lowest BCUT2D eigenvalue weighted by Gasteiger charge is -2.14. The van der Waals surface area contributed by atoms with Crippen molar-refractivity contribution in [1.82, 2.24) is 14.6 Å². The second-order valence-corrected chi connectivity index (χ2v) is 6.31. The summed E-state index contributed by atoms with van der Waals surface area (Å²) in [5.74, 6) is 0.431. The molecule has 1 aliphatic rings. The molecule has 0 amide bonds. The molecule has 11 heteroatoms. The summed E-state index contributed by atoms with van der Waals surface area (Å²) in [6.07, 6.45) is 1.92. The van der Waals surface area contributed by atoms with Crippen molar-refractivity contribution >= 4 is 17.5 Å². The molecule has 0 aliphatic carbocycles. The number of carbonyl (C=O) groups is 1. The third kappa shape index (κ3) is 6.02. The molecule has 3 heterocycles. The topological polar surface area (TPSA) is 151 Å². The first kappa shape index (κ1) is 21.8. The Morgan fingerprint density at radius 1 is 1.39 bits per heavy atom. The Bertz CT molecular complexity index is 765. The number of aliphatic hydroxyl groups excluding tert-OH is 1. The van der Waals surface area contributed by atoms with E-state index in [0.717, 1.165) is 24.1 Å². The van der Waals surface area contributed by atoms with Crippen LogP contribution in [-0.2, 0) is 18.9 Å². The molecule has 11 nitrogen and oxygen atoms in total. The number of hydrogen-bond acceptors (Lipinski definition) is 10. The van der Waals surface area contributed by atoms with Crippen LogP contribution < -0.4 is 5.73 Å². The van der Waals surface area contributed by atoms with Gasteiger partial charge >= 0.3 is 6.16 Å². The molecule has 1 saturated heterocycles. The third-order valence-corrected chi connectivity index (χ3v) is 3.88. The molecule has 0 bridgehead atoms. The summed E-state index contributed by atoms with van der Waals surface area (Å²) in [5.41, 5.74) is 7.51. The zero-order valence-corrected chi connectivity index (χ0v) is 16.0. The molecule has 1 aliphatic heterocycles. The molecule has 1 fully saturated rings. The number of nitrogens with two attached hydrogens (primary N) is 1. The Morgan fingerprint density at radius 2 is 2.11 bits per heavy atom. The van der Waals surface area contributed by atoms with Gasteiger partial charge in [-0.15, -0.1) is 0 Å². The summed E-state index contributed by atoms with van der Waals surface area (Å²) in [4.78, 5) is 15.4. The van der Waals surface area contributed by atoms with E-state index in [1.807, 2.05) is 12.1 Å². The van der Waals surface area contributed by atoms with Crippen molar-refractivity contribution in [3.63, 3.8) is 0 Å². The van der Waals surface area contributed by atoms with Gasteiger partial charge in [-0.2, -0.15) is 5.10 Å². The normalized spacial score (nSPS) is 19.0. The van der Waals surface area contributed by atoms with Gasteiger partial charge in [0.2, 0.25) is 0 Å². The quantitative estimate of drug-likeness (QED) is 0.491. The lowest BCUT2D eigenvalue weighted by Crippen LogP contribution is -2.21. The summed E-state index contributed by atoms with van der Waals surface area (Å²) < 4.78 is 21.6. The lowest BCUT2D eigenvalue weighted by atomic mass is 10.1. The van der Waals surface area contributed by atoms with Crippen molar-refractivity contribution in [2.24, 2.45) is 0 Å². The van der Waals surface area contributed by atoms with Crippen LogP contribution in [0.2, 0.25) is 0 Å². The van der Waals surface area contributed by atoms with Gasteiger partial charge in [0.05, 0.1) is 17.9 Å². The van der Waals surface area contributed by atoms with Crippen LogP contribution >= 0.6 is 0 Å². The van der Waals surface area contributed by atoms with Crippen LogP contribution in [0.5, 0.6) is 0 Å². The first-order chi connectivity index (χ1) is 13.3. The molecule has 0 spiro atoms. The van der Waals surface area contributed by atoms with Crippen LogP contribution in [0.1, 0.15) is 38.5 Å². The maximum atomic E-state index is 11.4. The fourth-order valence-corrected chi connectivity index (χ4v) is 2.65. The van der Waals surface area contributed by atoms with Crippen molar-refractivity contribution in [2.45, 2.75) is 51.5 Å². The number of nitrogen functional groups attached to an aromatic ring is 1. The number of carbonyl (C=O) groups excluding carboxylic acids is 1. The second-order valence-electron chi connectivity index (χ2n) is 6.31. The van der Waals surface area contributed by atoms with E-state index in [9.17, 15) is 4.79 Å². The third-order valence-electron chi connectivity index (χ3n) is 3.88. The summed E-state index contributed by atoms with van der Waals surface area (Å²) in [6.45, 7) is 2.11. The smallest absolute Gasteiger partial charge is 0.432 e. The monoisotopic (exact) mass is 398 g/mol. The minimum atomic E-state index is -1.62. The number of methoxy groups -OCH3 is 1. The average Bonchev–Trinajstić information content (AvgIpc) is 3.27. The molecule has 2 aromatic heterocycles. The number of aromatic nitrogens is 3. The fourth-order valence-electron chi connectivity index (χ4n) is 2.65. The molecule has 156 valence electrons. The Hall–Kier alpha value is -2.47. The number of ether oxygens (including phenoxy) is 4. The maximum Gasteiger partial charge on any atom is 0.508 e. The molecule has 3 rings (SSSR count). The van der Waals surface area contributed by atoms with E-state index in [1.54, 1.807) is 18.4 Å². The van der Waals surface area contributed by atoms with Gasteiger partial charge in [0, 0.05) is 7.11 Å². The molecule has 0 radical (unpaired) electrons. The van der Waals surface area contributed by atoms with Gasteiger partial charge in [0.1, 0.15) is 24.6 Å². The number of fused-ring (bicyclic) bond motifs is 1. The number of anilines is 1. The highest BCUT2D eigenvalue weighted by Crippen LogP contribution is 2.33. The van der Waals surface area contributed by atoms with Crippen molar-refractivity contribution in [1.29, 1.82) is 0 Å². The standard InChI is InChI=1S/C15H20N4O4.C2H6O3/c1-9(2)22-15(20)21-7-10-3-6-13(23-10)11-4-5-12-14(16)17-8-18-19(11)12;1-5-2(3)4/h4-5,8-10,13H,3,6-7H2,1-2H3,(H2,16,17,18);2-4H,1H3. The Balaban J connectivity index is 0.000000500. The van der Waals surface area contributed by atoms with E-state index >= 15 is 0 Å². The Labute approximate surface area is 162 Å². The van der Waals surface area contributed by atoms with Crippen LogP contribution in [0.4, 0.5) is 10.6 Å². The summed E-state index contributed by atoms with van der Waals surface area (Å²) in [6, 6.07) is 3.80. The second kappa shape index (κ2) is 10.2. The molecule has 28 heavy (non-hydrogen) atoms. The lowest BCUT2D eigenvalue weighted by molar-refractivity contribution is -0.218. The van der Waals surface area contributed by atoms with Gasteiger partial charge in [-0.1, -0.05) is 0 Å². The molecule has 0 saturated carbocycles. The van der Waals surface area contributed by atoms with Gasteiger partial charge in [-0.25, -0.2) is 14.3 Å². The summed E-state index contributed by atoms with van der Waals surface area (Å²) in [7, 11) is 1.20. The van der Waals surface area contributed by atoms with Crippen LogP contribution in [0.25, 0.3) is 5.52 Å². The highest BCUT2D eigenvalue weighted by molar-refractivity contribution is 5.65. The number of hydrogen-bond donors (Lipinski definition) is 3. The largest absolute Gasteiger partial charge is 0.508 e. The van der Waals surface area contributed by atoms with E-state index in [1.165, 1.54) is 13.4 Å². The molecular weight excluding hydrogens is 372 g/mol. The number of rotatable bonds is 5. The molecular formula is C17H26N4O7. The van der Waals surface area contributed by atoms with Crippen LogP contribution in [0, 0.1) is 0 Å². The van der Waals surface area contributed by atoms with Crippen LogP contribution in [-0.4, -0.2) is 63.4 Å². The Kier molecular flexibility index (Phi) is 7.93. The highest BCUT2D eigenvalue weighted by atomic mass is 16.7. The van der Waals surface area contributed by atoms with Crippen molar-refractivity contribution in [2.75, 3.05) is 19.5 Å². The average molecular weight is 398 g/mol. The van der Waals surface area contributed by atoms with E-state index in [2.05, 4.69) is 14.8 Å². The first-order valence-corrected chi connectivity index (χ1v) is 8.77. The zero-order chi connectivity index (χ0) is 20.7. The van der Waals surface area contributed by atoms with Gasteiger partial charge in [0.25, 0.3) is 6.48 Å². The minimum Gasteiger partial charge on any atom is -0.432 e.